The first-order chi connectivity index (χ1) is 16.0. The zero-order valence-electron chi connectivity index (χ0n) is 20.0. The van der Waals surface area contributed by atoms with Crippen molar-refractivity contribution in [3.8, 4) is 5.75 Å². The molecule has 8 heteroatoms. The van der Waals surface area contributed by atoms with Gasteiger partial charge in [0.15, 0.2) is 0 Å². The van der Waals surface area contributed by atoms with Crippen LogP contribution < -0.4 is 4.74 Å². The van der Waals surface area contributed by atoms with Gasteiger partial charge in [0.2, 0.25) is 5.91 Å². The van der Waals surface area contributed by atoms with Crippen molar-refractivity contribution in [2.75, 3.05) is 73.2 Å². The van der Waals surface area contributed by atoms with Crippen LogP contribution in [0.2, 0.25) is 0 Å². The molecule has 0 unspecified atom stereocenters. The van der Waals surface area contributed by atoms with Crippen LogP contribution in [-0.2, 0) is 22.0 Å². The van der Waals surface area contributed by atoms with E-state index in [-0.39, 0.29) is 24.0 Å². The number of piperidine rings is 1. The summed E-state index contributed by atoms with van der Waals surface area (Å²) in [4.78, 5) is 20.2. The summed E-state index contributed by atoms with van der Waals surface area (Å²) >= 11 is 0. The van der Waals surface area contributed by atoms with Crippen molar-refractivity contribution in [1.29, 1.82) is 0 Å². The standard InChI is InChI=1S/C25H36N4O4/c1-26-8-6-25(7-9-26)17-29(22(31)15-28-10-12-33-13-11-28)21(16-30)24-23(25)19-5-4-18(32-3)14-20(19)27(24)2/h4-5,14,21,30H,6-13,15-17H2,1-3H3/t21-/m1/s1. The van der Waals surface area contributed by atoms with E-state index < -0.39 is 0 Å². The van der Waals surface area contributed by atoms with Crippen molar-refractivity contribution in [2.45, 2.75) is 24.3 Å². The number of hydrogen-bond donors (Lipinski definition) is 1. The van der Waals surface area contributed by atoms with Crippen molar-refractivity contribution in [2.24, 2.45) is 7.05 Å². The molecule has 1 amide bonds. The second-order valence-corrected chi connectivity index (χ2v) is 9.89. The molecule has 1 spiro atoms. The fourth-order valence-corrected chi connectivity index (χ4v) is 6.12. The highest BCUT2D eigenvalue weighted by Gasteiger charge is 2.49. The van der Waals surface area contributed by atoms with Crippen LogP contribution in [0.3, 0.4) is 0 Å². The number of aromatic nitrogens is 1. The molecular weight excluding hydrogens is 420 g/mol. The molecule has 33 heavy (non-hydrogen) atoms. The van der Waals surface area contributed by atoms with Crippen LogP contribution in [0.4, 0.5) is 0 Å². The van der Waals surface area contributed by atoms with Gasteiger partial charge in [0, 0.05) is 49.2 Å². The summed E-state index contributed by atoms with van der Waals surface area (Å²) in [5.41, 5.74) is 3.39. The van der Waals surface area contributed by atoms with E-state index in [0.717, 1.165) is 56.0 Å². The minimum absolute atomic E-state index is 0.0842. The van der Waals surface area contributed by atoms with E-state index in [2.05, 4.69) is 40.6 Å². The third-order valence-electron chi connectivity index (χ3n) is 8.05. The summed E-state index contributed by atoms with van der Waals surface area (Å²) in [6, 6.07) is 5.91. The monoisotopic (exact) mass is 456 g/mol. The van der Waals surface area contributed by atoms with E-state index in [1.165, 1.54) is 10.9 Å². The lowest BCUT2D eigenvalue weighted by Crippen LogP contribution is -2.57. The summed E-state index contributed by atoms with van der Waals surface area (Å²) in [7, 11) is 5.91. The Labute approximate surface area is 195 Å². The highest BCUT2D eigenvalue weighted by atomic mass is 16.5. The number of methoxy groups -OCH3 is 1. The number of carbonyl (C=O) groups excluding carboxylic acids is 1. The van der Waals surface area contributed by atoms with E-state index in [4.69, 9.17) is 9.47 Å². The number of fused-ring (bicyclic) bond motifs is 4. The molecule has 1 aromatic heterocycles. The van der Waals surface area contributed by atoms with Gasteiger partial charge in [-0.05, 0) is 50.7 Å². The lowest BCUT2D eigenvalue weighted by atomic mass is 9.68. The fourth-order valence-electron chi connectivity index (χ4n) is 6.12. The lowest BCUT2D eigenvalue weighted by molar-refractivity contribution is -0.139. The van der Waals surface area contributed by atoms with Crippen LogP contribution in [0.1, 0.15) is 30.1 Å². The Morgan fingerprint density at radius 3 is 2.58 bits per heavy atom. The largest absolute Gasteiger partial charge is 0.497 e. The average molecular weight is 457 g/mol. The van der Waals surface area contributed by atoms with Gasteiger partial charge in [0.1, 0.15) is 5.75 Å². The van der Waals surface area contributed by atoms with Crippen molar-refractivity contribution in [1.82, 2.24) is 19.3 Å². The minimum Gasteiger partial charge on any atom is -0.497 e. The molecule has 1 aromatic carbocycles. The molecule has 8 nitrogen and oxygen atoms in total. The quantitative estimate of drug-likeness (QED) is 0.749. The summed E-state index contributed by atoms with van der Waals surface area (Å²) < 4.78 is 13.1. The Bertz CT molecular complexity index is 1020. The van der Waals surface area contributed by atoms with Gasteiger partial charge in [-0.1, -0.05) is 0 Å². The molecule has 1 atom stereocenters. The van der Waals surface area contributed by atoms with Crippen LogP contribution in [0, 0.1) is 0 Å². The summed E-state index contributed by atoms with van der Waals surface area (Å²) in [6.07, 6.45) is 2.00. The van der Waals surface area contributed by atoms with Gasteiger partial charge >= 0.3 is 0 Å². The molecule has 0 aliphatic carbocycles. The first-order valence-electron chi connectivity index (χ1n) is 12.0. The van der Waals surface area contributed by atoms with Gasteiger partial charge in [0.25, 0.3) is 0 Å². The molecule has 2 aromatic rings. The van der Waals surface area contributed by atoms with Crippen LogP contribution >= 0.6 is 0 Å². The molecule has 0 radical (unpaired) electrons. The number of likely N-dealkylation sites (tertiary alicyclic amines) is 1. The second kappa shape index (κ2) is 8.91. The third kappa shape index (κ3) is 3.83. The maximum Gasteiger partial charge on any atom is 0.237 e. The van der Waals surface area contributed by atoms with Crippen molar-refractivity contribution in [3.05, 3.63) is 29.5 Å². The Balaban J connectivity index is 1.61. The lowest BCUT2D eigenvalue weighted by Gasteiger charge is -2.50. The average Bonchev–Trinajstić information content (AvgIpc) is 3.14. The second-order valence-electron chi connectivity index (χ2n) is 9.89. The van der Waals surface area contributed by atoms with E-state index in [1.54, 1.807) is 7.11 Å². The molecule has 3 aliphatic heterocycles. The topological polar surface area (TPSA) is 70.4 Å². The molecular formula is C25H36N4O4. The first kappa shape index (κ1) is 22.7. The number of aryl methyl sites for hydroxylation is 1. The molecule has 0 bridgehead atoms. The van der Waals surface area contributed by atoms with Gasteiger partial charge < -0.3 is 28.9 Å². The number of benzene rings is 1. The van der Waals surface area contributed by atoms with Crippen LogP contribution in [0.15, 0.2) is 18.2 Å². The number of nitrogens with zero attached hydrogens (tertiary/aromatic N) is 4. The van der Waals surface area contributed by atoms with Gasteiger partial charge in [-0.15, -0.1) is 0 Å². The number of morpholine rings is 1. The molecule has 5 rings (SSSR count). The fraction of sp³-hybridized carbons (Fsp3) is 0.640. The van der Waals surface area contributed by atoms with Crippen molar-refractivity contribution < 1.29 is 19.4 Å². The highest BCUT2D eigenvalue weighted by Crippen LogP contribution is 2.50. The normalized spacial score (nSPS) is 23.8. The SMILES string of the molecule is COc1ccc2c3c(n(C)c2c1)[C@@H](CO)N(C(=O)CN1CCOCC1)CC31CCN(C)CC1. The van der Waals surface area contributed by atoms with Crippen LogP contribution in [0.5, 0.6) is 5.75 Å². The van der Waals surface area contributed by atoms with Crippen LogP contribution in [-0.4, -0.2) is 104 Å². The van der Waals surface area contributed by atoms with E-state index in [9.17, 15) is 9.90 Å². The number of amides is 1. The number of aliphatic hydroxyl groups excluding tert-OH is 1. The molecule has 0 saturated carbocycles. The van der Waals surface area contributed by atoms with Gasteiger partial charge in [-0.2, -0.15) is 0 Å². The smallest absolute Gasteiger partial charge is 0.237 e. The Kier molecular flexibility index (Phi) is 6.11. The summed E-state index contributed by atoms with van der Waals surface area (Å²) in [5, 5.41) is 11.8. The van der Waals surface area contributed by atoms with E-state index >= 15 is 0 Å². The Hall–Kier alpha value is -2.13. The van der Waals surface area contributed by atoms with Gasteiger partial charge in [0.05, 0.1) is 45.0 Å². The van der Waals surface area contributed by atoms with Gasteiger partial charge in [-0.3, -0.25) is 9.69 Å². The Morgan fingerprint density at radius 1 is 1.18 bits per heavy atom. The van der Waals surface area contributed by atoms with Crippen LogP contribution in [0.25, 0.3) is 10.9 Å². The highest BCUT2D eigenvalue weighted by molar-refractivity contribution is 5.90. The Morgan fingerprint density at radius 2 is 1.91 bits per heavy atom. The predicted octanol–water partition coefficient (Wildman–Crippen LogP) is 1.36. The van der Waals surface area contributed by atoms with Gasteiger partial charge in [-0.25, -0.2) is 0 Å². The zero-order valence-corrected chi connectivity index (χ0v) is 20.0. The number of rotatable bonds is 4. The first-order valence-corrected chi connectivity index (χ1v) is 12.0. The van der Waals surface area contributed by atoms with E-state index in [1.807, 2.05) is 11.0 Å². The molecule has 180 valence electrons. The van der Waals surface area contributed by atoms with Crippen molar-refractivity contribution in [3.63, 3.8) is 0 Å². The maximum absolute atomic E-state index is 13.7. The summed E-state index contributed by atoms with van der Waals surface area (Å²) in [6.45, 7) is 5.85. The molecule has 2 fully saturated rings. The number of aliphatic hydroxyl groups is 1. The minimum atomic E-state index is -0.345. The molecule has 2 saturated heterocycles. The number of ether oxygens (including phenoxy) is 2. The number of hydrogen-bond acceptors (Lipinski definition) is 6. The van der Waals surface area contributed by atoms with E-state index in [0.29, 0.717) is 26.3 Å². The third-order valence-corrected chi connectivity index (χ3v) is 8.05. The molecule has 1 N–H and O–H groups in total. The maximum atomic E-state index is 13.7. The molecule has 4 heterocycles. The molecule has 3 aliphatic rings. The predicted molar refractivity (Wildman–Crippen MR) is 127 cm³/mol. The summed E-state index contributed by atoms with van der Waals surface area (Å²) in [5.74, 6) is 0.918. The number of carbonyl (C=O) groups is 1. The van der Waals surface area contributed by atoms with Crippen molar-refractivity contribution >= 4 is 16.8 Å². The zero-order chi connectivity index (χ0) is 23.2.